The lowest BCUT2D eigenvalue weighted by molar-refractivity contribution is -0.349. The lowest BCUT2D eigenvalue weighted by atomic mass is 10.2. The third-order valence-corrected chi connectivity index (χ3v) is 2.46. The third kappa shape index (κ3) is 6.19. The fourth-order valence-corrected chi connectivity index (χ4v) is 1.30. The van der Waals surface area contributed by atoms with Gasteiger partial charge in [0.15, 0.2) is 0 Å². The highest BCUT2D eigenvalue weighted by Crippen LogP contribution is 2.08. The molecule has 0 aromatic heterocycles. The van der Waals surface area contributed by atoms with Crippen molar-refractivity contribution in [3.8, 4) is 11.8 Å². The molecule has 0 aliphatic rings. The second-order valence-electron chi connectivity index (χ2n) is 2.94. The Morgan fingerprint density at radius 2 is 1.81 bits per heavy atom. The van der Waals surface area contributed by atoms with Crippen LogP contribution in [0.1, 0.15) is 12.5 Å². The van der Waals surface area contributed by atoms with Crippen molar-refractivity contribution in [1.29, 1.82) is 0 Å². The van der Waals surface area contributed by atoms with Crippen molar-refractivity contribution in [2.24, 2.45) is 0 Å². The van der Waals surface area contributed by atoms with Crippen molar-refractivity contribution in [2.45, 2.75) is 18.7 Å². The van der Waals surface area contributed by atoms with E-state index in [4.69, 9.17) is 0 Å². The Hall–Kier alpha value is -1.35. The summed E-state index contributed by atoms with van der Waals surface area (Å²) in [7, 11) is -4.27. The van der Waals surface area contributed by atoms with Gasteiger partial charge in [0, 0.05) is 0 Å². The van der Waals surface area contributed by atoms with E-state index in [2.05, 4.69) is 17.6 Å². The van der Waals surface area contributed by atoms with Crippen LogP contribution in [0.3, 0.4) is 0 Å². The molecular formula is C11H15NO3S. The molecule has 0 radical (unpaired) electrons. The van der Waals surface area contributed by atoms with Gasteiger partial charge >= 0.3 is 0 Å². The minimum Gasteiger partial charge on any atom is -0.744 e. The standard InChI is InChI=1S/C7H8O3S.C4H7N/c1-6-2-4-7(5-3-6)11(8,9)10;1-2-3-4-5/h2-5H,1H3,(H,8,9,10);4-5H2,1H3. The van der Waals surface area contributed by atoms with Crippen LogP contribution in [0.4, 0.5) is 0 Å². The molecule has 0 aliphatic carbocycles. The summed E-state index contributed by atoms with van der Waals surface area (Å²) < 4.78 is 31.2. The van der Waals surface area contributed by atoms with Gasteiger partial charge in [-0.05, 0) is 31.9 Å². The van der Waals surface area contributed by atoms with E-state index in [1.54, 1.807) is 12.1 Å². The molecular weight excluding hydrogens is 226 g/mol. The first-order valence-electron chi connectivity index (χ1n) is 4.63. The van der Waals surface area contributed by atoms with Crippen molar-refractivity contribution in [2.75, 3.05) is 6.54 Å². The molecule has 16 heavy (non-hydrogen) atoms. The summed E-state index contributed by atoms with van der Waals surface area (Å²) >= 11 is 0. The van der Waals surface area contributed by atoms with Crippen molar-refractivity contribution >= 4 is 10.1 Å². The molecule has 0 fully saturated rings. The first-order chi connectivity index (χ1) is 7.41. The lowest BCUT2D eigenvalue weighted by Gasteiger charge is -2.05. The number of hydrogen-bond acceptors (Lipinski definition) is 3. The molecule has 0 amide bonds. The van der Waals surface area contributed by atoms with Crippen molar-refractivity contribution in [3.63, 3.8) is 0 Å². The maximum absolute atomic E-state index is 10.4. The summed E-state index contributed by atoms with van der Waals surface area (Å²) in [6.45, 7) is 4.36. The number of quaternary nitrogens is 1. The third-order valence-electron chi connectivity index (χ3n) is 1.61. The van der Waals surface area contributed by atoms with Gasteiger partial charge in [0.1, 0.15) is 16.7 Å². The number of rotatable bonds is 1. The second-order valence-corrected chi connectivity index (χ2v) is 4.32. The van der Waals surface area contributed by atoms with Crippen LogP contribution in [-0.4, -0.2) is 19.5 Å². The highest BCUT2D eigenvalue weighted by atomic mass is 32.2. The Kier molecular flexibility index (Phi) is 6.42. The number of benzene rings is 1. The number of aryl methyl sites for hydroxylation is 1. The average molecular weight is 241 g/mol. The zero-order valence-corrected chi connectivity index (χ0v) is 10.2. The fraction of sp³-hybridized carbons (Fsp3) is 0.273. The van der Waals surface area contributed by atoms with Crippen LogP contribution < -0.4 is 5.73 Å². The van der Waals surface area contributed by atoms with Gasteiger partial charge in [0.05, 0.1) is 4.90 Å². The van der Waals surface area contributed by atoms with Crippen LogP contribution in [0.15, 0.2) is 29.2 Å². The first kappa shape index (κ1) is 14.6. The number of hydrogen-bond donors (Lipinski definition) is 1. The highest BCUT2D eigenvalue weighted by Gasteiger charge is 1.97. The van der Waals surface area contributed by atoms with E-state index in [0.29, 0.717) is 0 Å². The predicted molar refractivity (Wildman–Crippen MR) is 60.3 cm³/mol. The van der Waals surface area contributed by atoms with Gasteiger partial charge < -0.3 is 10.3 Å². The Balaban J connectivity index is 0.000000385. The van der Waals surface area contributed by atoms with Crippen LogP contribution in [-0.2, 0) is 10.1 Å². The molecule has 1 aromatic carbocycles. The maximum atomic E-state index is 10.4. The monoisotopic (exact) mass is 241 g/mol. The van der Waals surface area contributed by atoms with Gasteiger partial charge in [0.2, 0.25) is 0 Å². The molecule has 88 valence electrons. The van der Waals surface area contributed by atoms with Crippen LogP contribution in [0.25, 0.3) is 0 Å². The second kappa shape index (κ2) is 7.01. The van der Waals surface area contributed by atoms with E-state index < -0.39 is 10.1 Å². The summed E-state index contributed by atoms with van der Waals surface area (Å²) in [4.78, 5) is -0.178. The normalized spacial score (nSPS) is 9.50. The zero-order valence-electron chi connectivity index (χ0n) is 9.36. The molecule has 4 nitrogen and oxygen atoms in total. The van der Waals surface area contributed by atoms with Crippen molar-refractivity contribution in [1.82, 2.24) is 0 Å². The molecule has 0 bridgehead atoms. The Bertz CT molecular complexity index is 466. The van der Waals surface area contributed by atoms with Gasteiger partial charge in [-0.2, -0.15) is 0 Å². The van der Waals surface area contributed by atoms with E-state index in [1.165, 1.54) is 12.1 Å². The molecule has 0 heterocycles. The Morgan fingerprint density at radius 3 is 2.06 bits per heavy atom. The van der Waals surface area contributed by atoms with Crippen LogP contribution in [0, 0.1) is 18.8 Å². The average Bonchev–Trinajstić information content (AvgIpc) is 2.19. The Morgan fingerprint density at radius 1 is 1.31 bits per heavy atom. The molecule has 1 rings (SSSR count). The summed E-state index contributed by atoms with van der Waals surface area (Å²) in [5.41, 5.74) is 4.43. The Labute approximate surface area is 96.2 Å². The molecule has 0 spiro atoms. The summed E-state index contributed by atoms with van der Waals surface area (Å²) in [5.74, 6) is 5.45. The zero-order chi connectivity index (χ0) is 12.6. The van der Waals surface area contributed by atoms with E-state index in [1.807, 2.05) is 13.8 Å². The molecule has 3 N–H and O–H groups in total. The van der Waals surface area contributed by atoms with E-state index >= 15 is 0 Å². The van der Waals surface area contributed by atoms with Crippen LogP contribution >= 0.6 is 0 Å². The first-order valence-corrected chi connectivity index (χ1v) is 6.04. The fourth-order valence-electron chi connectivity index (χ4n) is 0.830. The van der Waals surface area contributed by atoms with Crippen molar-refractivity contribution in [3.05, 3.63) is 29.8 Å². The molecule has 0 atom stereocenters. The molecule has 0 unspecified atom stereocenters. The molecule has 0 saturated heterocycles. The summed E-state index contributed by atoms with van der Waals surface area (Å²) in [5, 5.41) is 0. The van der Waals surface area contributed by atoms with E-state index in [-0.39, 0.29) is 4.90 Å². The molecule has 0 aliphatic heterocycles. The van der Waals surface area contributed by atoms with Crippen LogP contribution in [0.5, 0.6) is 0 Å². The molecule has 5 heteroatoms. The topological polar surface area (TPSA) is 84.8 Å². The van der Waals surface area contributed by atoms with Crippen molar-refractivity contribution < 1.29 is 18.7 Å². The van der Waals surface area contributed by atoms with E-state index in [0.717, 1.165) is 12.1 Å². The summed E-state index contributed by atoms with van der Waals surface area (Å²) in [6.07, 6.45) is 0. The molecule has 0 saturated carbocycles. The van der Waals surface area contributed by atoms with E-state index in [9.17, 15) is 13.0 Å². The quantitative estimate of drug-likeness (QED) is 0.561. The summed E-state index contributed by atoms with van der Waals surface area (Å²) in [6, 6.07) is 5.78. The highest BCUT2D eigenvalue weighted by molar-refractivity contribution is 7.85. The van der Waals surface area contributed by atoms with Gasteiger partial charge in [-0.3, -0.25) is 0 Å². The largest absolute Gasteiger partial charge is 0.744 e. The minimum atomic E-state index is -4.27. The lowest BCUT2D eigenvalue weighted by Crippen LogP contribution is -2.49. The van der Waals surface area contributed by atoms with Crippen LogP contribution in [0.2, 0.25) is 0 Å². The van der Waals surface area contributed by atoms with Gasteiger partial charge in [-0.25, -0.2) is 8.42 Å². The molecule has 1 aromatic rings. The SMILES string of the molecule is CC#CC[NH3+].Cc1ccc(S(=O)(=O)[O-])cc1. The van der Waals surface area contributed by atoms with Gasteiger partial charge in [-0.1, -0.05) is 17.7 Å². The predicted octanol–water partition coefficient (Wildman–Crippen LogP) is 0.151. The minimum absolute atomic E-state index is 0.178. The van der Waals surface area contributed by atoms with Gasteiger partial charge in [0.25, 0.3) is 0 Å². The van der Waals surface area contributed by atoms with Gasteiger partial charge in [-0.15, -0.1) is 5.92 Å². The smallest absolute Gasteiger partial charge is 0.136 e. The maximum Gasteiger partial charge on any atom is 0.136 e.